The number of carbonyl (C=O) groups is 2. The Morgan fingerprint density at radius 3 is 2.70 bits per heavy atom. The number of H-pyrrole nitrogens is 1. The second kappa shape index (κ2) is 5.77. The third-order valence-corrected chi connectivity index (χ3v) is 3.00. The van der Waals surface area contributed by atoms with Gasteiger partial charge in [0.25, 0.3) is 5.91 Å². The van der Waals surface area contributed by atoms with Crippen LogP contribution in [0.2, 0.25) is 0 Å². The van der Waals surface area contributed by atoms with E-state index in [0.717, 1.165) is 10.9 Å². The van der Waals surface area contributed by atoms with E-state index >= 15 is 0 Å². The van der Waals surface area contributed by atoms with E-state index in [1.807, 2.05) is 32.2 Å². The molecule has 0 unspecified atom stereocenters. The maximum atomic E-state index is 12.4. The molecule has 5 nitrogen and oxygen atoms in total. The van der Waals surface area contributed by atoms with Crippen molar-refractivity contribution in [2.75, 3.05) is 13.1 Å². The molecule has 1 heterocycles. The van der Waals surface area contributed by atoms with Gasteiger partial charge in [-0.2, -0.15) is 0 Å². The van der Waals surface area contributed by atoms with Crippen molar-refractivity contribution in [3.63, 3.8) is 0 Å². The van der Waals surface area contributed by atoms with Gasteiger partial charge in [-0.05, 0) is 30.2 Å². The molecule has 1 aromatic carbocycles. The third kappa shape index (κ3) is 3.17. The summed E-state index contributed by atoms with van der Waals surface area (Å²) in [7, 11) is 0. The molecule has 2 rings (SSSR count). The minimum atomic E-state index is -0.998. The number of aliphatic carboxylic acids is 1. The van der Waals surface area contributed by atoms with E-state index in [4.69, 9.17) is 5.11 Å². The van der Waals surface area contributed by atoms with Crippen LogP contribution in [-0.4, -0.2) is 40.0 Å². The van der Waals surface area contributed by atoms with Gasteiger partial charge in [-0.1, -0.05) is 13.8 Å². The van der Waals surface area contributed by atoms with E-state index in [-0.39, 0.29) is 18.4 Å². The van der Waals surface area contributed by atoms with Crippen LogP contribution in [0, 0.1) is 5.92 Å². The molecule has 0 aliphatic heterocycles. The van der Waals surface area contributed by atoms with Gasteiger partial charge in [0.1, 0.15) is 6.54 Å². The second-order valence-corrected chi connectivity index (χ2v) is 5.25. The molecule has 1 aromatic heterocycles. The zero-order valence-electron chi connectivity index (χ0n) is 11.6. The highest BCUT2D eigenvalue weighted by molar-refractivity contribution is 5.99. The van der Waals surface area contributed by atoms with E-state index in [1.165, 1.54) is 4.90 Å². The molecule has 2 aromatic rings. The van der Waals surface area contributed by atoms with Crippen molar-refractivity contribution >= 4 is 22.8 Å². The monoisotopic (exact) mass is 274 g/mol. The summed E-state index contributed by atoms with van der Waals surface area (Å²) in [6.45, 7) is 4.06. The number of carboxylic acids is 1. The second-order valence-electron chi connectivity index (χ2n) is 5.25. The fourth-order valence-corrected chi connectivity index (χ4v) is 2.19. The van der Waals surface area contributed by atoms with Crippen molar-refractivity contribution in [1.29, 1.82) is 0 Å². The van der Waals surface area contributed by atoms with Gasteiger partial charge in [0, 0.05) is 29.2 Å². The molecule has 0 spiro atoms. The summed E-state index contributed by atoms with van der Waals surface area (Å²) in [5.74, 6) is -1.03. The number of benzene rings is 1. The first kappa shape index (κ1) is 14.1. The average Bonchev–Trinajstić information content (AvgIpc) is 2.83. The predicted molar refractivity (Wildman–Crippen MR) is 76.7 cm³/mol. The van der Waals surface area contributed by atoms with Gasteiger partial charge in [-0.3, -0.25) is 9.59 Å². The number of hydrogen-bond donors (Lipinski definition) is 2. The van der Waals surface area contributed by atoms with Gasteiger partial charge >= 0.3 is 5.97 Å². The molecule has 0 aliphatic rings. The van der Waals surface area contributed by atoms with Crippen molar-refractivity contribution in [1.82, 2.24) is 9.88 Å². The van der Waals surface area contributed by atoms with Crippen molar-refractivity contribution in [3.8, 4) is 0 Å². The Balaban J connectivity index is 2.26. The number of carboxylic acid groups (broad SMARTS) is 1. The zero-order valence-corrected chi connectivity index (χ0v) is 11.6. The van der Waals surface area contributed by atoms with E-state index < -0.39 is 5.97 Å². The van der Waals surface area contributed by atoms with Crippen LogP contribution < -0.4 is 0 Å². The minimum Gasteiger partial charge on any atom is -0.480 e. The first-order valence-electron chi connectivity index (χ1n) is 6.55. The van der Waals surface area contributed by atoms with Crippen LogP contribution in [0.1, 0.15) is 24.2 Å². The maximum Gasteiger partial charge on any atom is 0.323 e. The van der Waals surface area contributed by atoms with Crippen LogP contribution in [0.15, 0.2) is 30.5 Å². The Kier molecular flexibility index (Phi) is 4.08. The molecule has 20 heavy (non-hydrogen) atoms. The van der Waals surface area contributed by atoms with Gasteiger partial charge in [0.15, 0.2) is 0 Å². The Bertz CT molecular complexity index is 631. The van der Waals surface area contributed by atoms with Gasteiger partial charge < -0.3 is 15.0 Å². The van der Waals surface area contributed by atoms with E-state index in [0.29, 0.717) is 12.1 Å². The number of aromatic nitrogens is 1. The highest BCUT2D eigenvalue weighted by Gasteiger charge is 2.19. The molecular weight excluding hydrogens is 256 g/mol. The first-order chi connectivity index (χ1) is 9.47. The smallest absolute Gasteiger partial charge is 0.323 e. The van der Waals surface area contributed by atoms with Crippen LogP contribution in [0.5, 0.6) is 0 Å². The number of amides is 1. The molecule has 1 amide bonds. The highest BCUT2D eigenvalue weighted by Crippen LogP contribution is 2.16. The molecular formula is C15H18N2O3. The fourth-order valence-electron chi connectivity index (χ4n) is 2.19. The van der Waals surface area contributed by atoms with Crippen molar-refractivity contribution in [3.05, 3.63) is 36.0 Å². The molecule has 0 radical (unpaired) electrons. The van der Waals surface area contributed by atoms with Crippen LogP contribution >= 0.6 is 0 Å². The van der Waals surface area contributed by atoms with E-state index in [1.54, 1.807) is 12.1 Å². The number of nitrogens with one attached hydrogen (secondary N) is 1. The number of nitrogens with zero attached hydrogens (tertiary/aromatic N) is 1. The SMILES string of the molecule is CC(C)CN(CC(=O)O)C(=O)c1ccc2[nH]ccc2c1. The van der Waals surface area contributed by atoms with Crippen molar-refractivity contribution < 1.29 is 14.7 Å². The summed E-state index contributed by atoms with van der Waals surface area (Å²) in [6.07, 6.45) is 1.81. The number of carbonyl (C=O) groups excluding carboxylic acids is 1. The van der Waals surface area contributed by atoms with Crippen LogP contribution in [-0.2, 0) is 4.79 Å². The van der Waals surface area contributed by atoms with Crippen molar-refractivity contribution in [2.45, 2.75) is 13.8 Å². The third-order valence-electron chi connectivity index (χ3n) is 3.00. The number of fused-ring (bicyclic) bond motifs is 1. The Morgan fingerprint density at radius 1 is 1.30 bits per heavy atom. The summed E-state index contributed by atoms with van der Waals surface area (Å²) in [6, 6.07) is 7.21. The summed E-state index contributed by atoms with van der Waals surface area (Å²) >= 11 is 0. The lowest BCUT2D eigenvalue weighted by Crippen LogP contribution is -2.38. The quantitative estimate of drug-likeness (QED) is 0.879. The lowest BCUT2D eigenvalue weighted by Gasteiger charge is -2.22. The van der Waals surface area contributed by atoms with Gasteiger partial charge in [0.2, 0.25) is 0 Å². The van der Waals surface area contributed by atoms with Crippen LogP contribution in [0.3, 0.4) is 0 Å². The standard InChI is InChI=1S/C15H18N2O3/c1-10(2)8-17(9-14(18)19)15(20)12-3-4-13-11(7-12)5-6-16-13/h3-7,10,16H,8-9H2,1-2H3,(H,18,19). The molecule has 0 saturated heterocycles. The number of aromatic amines is 1. The zero-order chi connectivity index (χ0) is 14.7. The Morgan fingerprint density at radius 2 is 2.05 bits per heavy atom. The molecule has 0 bridgehead atoms. The average molecular weight is 274 g/mol. The molecule has 0 saturated carbocycles. The summed E-state index contributed by atoms with van der Waals surface area (Å²) in [5, 5.41) is 9.87. The predicted octanol–water partition coefficient (Wildman–Crippen LogP) is 2.35. The molecule has 2 N–H and O–H groups in total. The summed E-state index contributed by atoms with van der Waals surface area (Å²) in [5.41, 5.74) is 1.47. The largest absolute Gasteiger partial charge is 0.480 e. The normalized spacial score (nSPS) is 10.9. The Labute approximate surface area is 117 Å². The minimum absolute atomic E-state index is 0.217. The van der Waals surface area contributed by atoms with Gasteiger partial charge in [0.05, 0.1) is 0 Å². The lowest BCUT2D eigenvalue weighted by molar-refractivity contribution is -0.137. The van der Waals surface area contributed by atoms with Gasteiger partial charge in [-0.15, -0.1) is 0 Å². The van der Waals surface area contributed by atoms with E-state index in [9.17, 15) is 9.59 Å². The Hall–Kier alpha value is -2.30. The maximum absolute atomic E-state index is 12.4. The topological polar surface area (TPSA) is 73.4 Å². The van der Waals surface area contributed by atoms with E-state index in [2.05, 4.69) is 4.98 Å². The van der Waals surface area contributed by atoms with Crippen LogP contribution in [0.4, 0.5) is 0 Å². The highest BCUT2D eigenvalue weighted by atomic mass is 16.4. The van der Waals surface area contributed by atoms with Gasteiger partial charge in [-0.25, -0.2) is 0 Å². The first-order valence-corrected chi connectivity index (χ1v) is 6.55. The molecule has 0 atom stereocenters. The molecule has 0 fully saturated rings. The van der Waals surface area contributed by atoms with Crippen molar-refractivity contribution in [2.24, 2.45) is 5.92 Å². The molecule has 0 aliphatic carbocycles. The summed E-state index contributed by atoms with van der Waals surface area (Å²) < 4.78 is 0. The summed E-state index contributed by atoms with van der Waals surface area (Å²) in [4.78, 5) is 27.8. The lowest BCUT2D eigenvalue weighted by atomic mass is 10.1. The molecule has 106 valence electrons. The fraction of sp³-hybridized carbons (Fsp3) is 0.333. The number of rotatable bonds is 5. The van der Waals surface area contributed by atoms with Crippen LogP contribution in [0.25, 0.3) is 10.9 Å². The molecule has 5 heteroatoms. The number of hydrogen-bond acceptors (Lipinski definition) is 2.